The molecule has 1 aliphatic heterocycles. The highest BCUT2D eigenvalue weighted by Crippen LogP contribution is 2.15. The molecule has 2 rings (SSSR count). The van der Waals surface area contributed by atoms with Crippen molar-refractivity contribution in [2.75, 3.05) is 26.7 Å². The Morgan fingerprint density at radius 3 is 2.67 bits per heavy atom. The molecule has 150 valence electrons. The van der Waals surface area contributed by atoms with Gasteiger partial charge in [-0.25, -0.2) is 4.79 Å². The predicted octanol–water partition coefficient (Wildman–Crippen LogP) is 1.41. The van der Waals surface area contributed by atoms with Gasteiger partial charge in [-0.2, -0.15) is 0 Å². The molecule has 0 aliphatic carbocycles. The van der Waals surface area contributed by atoms with E-state index in [0.29, 0.717) is 19.6 Å². The number of aromatic nitrogens is 1. The smallest absolute Gasteiger partial charge is 0.410 e. The molecule has 1 aliphatic rings. The van der Waals surface area contributed by atoms with Gasteiger partial charge in [-0.1, -0.05) is 6.07 Å². The molecule has 0 bridgehead atoms. The van der Waals surface area contributed by atoms with E-state index in [1.165, 1.54) is 0 Å². The zero-order valence-corrected chi connectivity index (χ0v) is 16.7. The van der Waals surface area contributed by atoms with Crippen molar-refractivity contribution < 1.29 is 9.53 Å². The van der Waals surface area contributed by atoms with Gasteiger partial charge in [0.1, 0.15) is 5.60 Å². The fourth-order valence-corrected chi connectivity index (χ4v) is 2.69. The van der Waals surface area contributed by atoms with Crippen molar-refractivity contribution in [3.05, 3.63) is 34.7 Å². The first-order valence-electron chi connectivity index (χ1n) is 9.39. The number of amides is 1. The Hall–Kier alpha value is -2.51. The Kier molecular flexibility index (Phi) is 7.27. The molecular formula is C19H31N5O3. The predicted molar refractivity (Wildman–Crippen MR) is 106 cm³/mol. The van der Waals surface area contributed by atoms with Gasteiger partial charge in [0.15, 0.2) is 5.96 Å². The maximum Gasteiger partial charge on any atom is 0.410 e. The summed E-state index contributed by atoms with van der Waals surface area (Å²) < 4.78 is 7.06. The Morgan fingerprint density at radius 2 is 2.04 bits per heavy atom. The fourth-order valence-electron chi connectivity index (χ4n) is 2.69. The topological polar surface area (TPSA) is 88.0 Å². The number of unbranched alkanes of at least 4 members (excludes halogenated alkanes) is 1. The van der Waals surface area contributed by atoms with Gasteiger partial charge in [-0.15, -0.1) is 0 Å². The number of carbonyl (C=O) groups is 1. The van der Waals surface area contributed by atoms with Gasteiger partial charge in [0.25, 0.3) is 0 Å². The largest absolute Gasteiger partial charge is 0.444 e. The van der Waals surface area contributed by atoms with Crippen LogP contribution in [-0.2, 0) is 11.3 Å². The van der Waals surface area contributed by atoms with E-state index in [0.717, 1.165) is 25.3 Å². The summed E-state index contributed by atoms with van der Waals surface area (Å²) in [5, 5.41) is 6.57. The van der Waals surface area contributed by atoms with Gasteiger partial charge in [0.2, 0.25) is 5.56 Å². The van der Waals surface area contributed by atoms with E-state index in [1.807, 2.05) is 33.0 Å². The number of ether oxygens (including phenoxy) is 1. The van der Waals surface area contributed by atoms with Gasteiger partial charge in [0.05, 0.1) is 6.04 Å². The number of aryl methyl sites for hydroxylation is 1. The van der Waals surface area contributed by atoms with E-state index in [9.17, 15) is 9.59 Å². The molecule has 0 unspecified atom stereocenters. The number of hydrogen-bond donors (Lipinski definition) is 2. The zero-order valence-electron chi connectivity index (χ0n) is 16.7. The van der Waals surface area contributed by atoms with E-state index < -0.39 is 5.60 Å². The summed E-state index contributed by atoms with van der Waals surface area (Å²) >= 11 is 0. The maximum absolute atomic E-state index is 11.9. The second kappa shape index (κ2) is 9.43. The minimum Gasteiger partial charge on any atom is -0.444 e. The van der Waals surface area contributed by atoms with Crippen molar-refractivity contribution >= 4 is 12.1 Å². The SMILES string of the molecule is CN=C(NCCCCn1ccccc1=O)NC1CN(C(=O)OC(C)(C)C)C1. The van der Waals surface area contributed by atoms with Crippen molar-refractivity contribution in [3.8, 4) is 0 Å². The summed E-state index contributed by atoms with van der Waals surface area (Å²) in [6.45, 7) is 8.27. The van der Waals surface area contributed by atoms with E-state index in [-0.39, 0.29) is 17.7 Å². The molecular weight excluding hydrogens is 346 g/mol. The van der Waals surface area contributed by atoms with Crippen LogP contribution >= 0.6 is 0 Å². The number of pyridine rings is 1. The molecule has 0 atom stereocenters. The number of guanidine groups is 1. The van der Waals surface area contributed by atoms with Crippen LogP contribution in [-0.4, -0.2) is 59.8 Å². The lowest BCUT2D eigenvalue weighted by atomic mass is 10.1. The van der Waals surface area contributed by atoms with Crippen LogP contribution < -0.4 is 16.2 Å². The third-order valence-corrected chi connectivity index (χ3v) is 4.11. The fraction of sp³-hybridized carbons (Fsp3) is 0.632. The summed E-state index contributed by atoms with van der Waals surface area (Å²) in [6, 6.07) is 5.36. The molecule has 0 spiro atoms. The molecule has 1 aromatic heterocycles. The normalized spacial score (nSPS) is 15.3. The molecule has 2 N–H and O–H groups in total. The highest BCUT2D eigenvalue weighted by Gasteiger charge is 2.34. The van der Waals surface area contributed by atoms with Crippen molar-refractivity contribution in [1.82, 2.24) is 20.1 Å². The standard InChI is InChI=1S/C19H31N5O3/c1-19(2,3)27-18(26)24-13-15(14-24)22-17(20-4)21-10-6-8-12-23-11-7-5-9-16(23)25/h5,7,9,11,15H,6,8,10,12-14H2,1-4H3,(H2,20,21,22). The van der Waals surface area contributed by atoms with Gasteiger partial charge >= 0.3 is 6.09 Å². The van der Waals surface area contributed by atoms with Crippen LogP contribution in [0.5, 0.6) is 0 Å². The summed E-state index contributed by atoms with van der Waals surface area (Å²) in [5.74, 6) is 0.723. The van der Waals surface area contributed by atoms with Crippen LogP contribution in [0.25, 0.3) is 0 Å². The second-order valence-electron chi connectivity index (χ2n) is 7.66. The van der Waals surface area contributed by atoms with E-state index >= 15 is 0 Å². The molecule has 1 amide bonds. The molecule has 2 heterocycles. The molecule has 1 saturated heterocycles. The summed E-state index contributed by atoms with van der Waals surface area (Å²) in [6.07, 6.45) is 3.36. The number of rotatable bonds is 6. The first-order valence-corrected chi connectivity index (χ1v) is 9.39. The van der Waals surface area contributed by atoms with Crippen LogP contribution in [0.3, 0.4) is 0 Å². The molecule has 0 radical (unpaired) electrons. The average molecular weight is 377 g/mol. The van der Waals surface area contributed by atoms with E-state index in [1.54, 1.807) is 28.6 Å². The Bertz CT molecular complexity index is 702. The number of nitrogens with one attached hydrogen (secondary N) is 2. The monoisotopic (exact) mass is 377 g/mol. The van der Waals surface area contributed by atoms with Gasteiger partial charge in [-0.05, 0) is 39.7 Å². The van der Waals surface area contributed by atoms with Crippen LogP contribution in [0.15, 0.2) is 34.2 Å². The minimum atomic E-state index is -0.474. The molecule has 0 saturated carbocycles. The molecule has 27 heavy (non-hydrogen) atoms. The minimum absolute atomic E-state index is 0.0301. The first-order chi connectivity index (χ1) is 12.8. The van der Waals surface area contributed by atoms with Crippen LogP contribution in [0.1, 0.15) is 33.6 Å². The van der Waals surface area contributed by atoms with Crippen LogP contribution in [0, 0.1) is 0 Å². The molecule has 1 aromatic rings. The van der Waals surface area contributed by atoms with Crippen LogP contribution in [0.4, 0.5) is 4.79 Å². The van der Waals surface area contributed by atoms with Gasteiger partial charge in [0, 0.05) is 45.5 Å². The third kappa shape index (κ3) is 6.96. The summed E-state index contributed by atoms with van der Waals surface area (Å²) in [7, 11) is 1.73. The molecule has 8 heteroatoms. The Balaban J connectivity index is 1.61. The third-order valence-electron chi connectivity index (χ3n) is 4.11. The van der Waals surface area contributed by atoms with Crippen molar-refractivity contribution in [3.63, 3.8) is 0 Å². The van der Waals surface area contributed by atoms with E-state index in [4.69, 9.17) is 4.74 Å². The second-order valence-corrected chi connectivity index (χ2v) is 7.66. The number of aliphatic imine (C=N–C) groups is 1. The molecule has 1 fully saturated rings. The maximum atomic E-state index is 11.9. The van der Waals surface area contributed by atoms with Gasteiger partial charge in [-0.3, -0.25) is 9.79 Å². The first kappa shape index (κ1) is 20.8. The highest BCUT2D eigenvalue weighted by atomic mass is 16.6. The average Bonchev–Trinajstić information content (AvgIpc) is 2.55. The van der Waals surface area contributed by atoms with Crippen molar-refractivity contribution in [1.29, 1.82) is 0 Å². The number of carbonyl (C=O) groups excluding carboxylic acids is 1. The summed E-state index contributed by atoms with van der Waals surface area (Å²) in [5.41, 5.74) is -0.444. The number of hydrogen-bond acceptors (Lipinski definition) is 4. The van der Waals surface area contributed by atoms with Crippen molar-refractivity contribution in [2.45, 2.75) is 51.8 Å². The Labute approximate surface area is 160 Å². The Morgan fingerprint density at radius 1 is 1.30 bits per heavy atom. The van der Waals surface area contributed by atoms with E-state index in [2.05, 4.69) is 15.6 Å². The lowest BCUT2D eigenvalue weighted by molar-refractivity contribution is 0.00701. The quantitative estimate of drug-likeness (QED) is 0.445. The highest BCUT2D eigenvalue weighted by molar-refractivity contribution is 5.80. The summed E-state index contributed by atoms with van der Waals surface area (Å²) in [4.78, 5) is 29.5. The molecule has 0 aromatic carbocycles. The van der Waals surface area contributed by atoms with Crippen LogP contribution in [0.2, 0.25) is 0 Å². The molecule has 8 nitrogen and oxygen atoms in total. The van der Waals surface area contributed by atoms with Gasteiger partial charge < -0.3 is 24.8 Å². The lowest BCUT2D eigenvalue weighted by Gasteiger charge is -2.40. The number of likely N-dealkylation sites (tertiary alicyclic amines) is 1. The lowest BCUT2D eigenvalue weighted by Crippen LogP contribution is -2.63. The zero-order chi connectivity index (χ0) is 19.9. The van der Waals surface area contributed by atoms with Crippen molar-refractivity contribution in [2.24, 2.45) is 4.99 Å². The number of nitrogens with zero attached hydrogens (tertiary/aromatic N) is 3.